The number of thioether (sulfide) groups is 1. The van der Waals surface area contributed by atoms with Gasteiger partial charge in [-0.15, -0.1) is 0 Å². The Bertz CT molecular complexity index is 1020. The summed E-state index contributed by atoms with van der Waals surface area (Å²) in [6.07, 6.45) is 0.769. The number of carbonyl (C=O) groups excluding carboxylic acids is 1. The van der Waals surface area contributed by atoms with E-state index in [0.29, 0.717) is 21.6 Å². The van der Waals surface area contributed by atoms with Gasteiger partial charge in [0, 0.05) is 11.6 Å². The molecule has 0 spiro atoms. The Kier molecular flexibility index (Phi) is 5.52. The lowest BCUT2D eigenvalue weighted by molar-refractivity contribution is 0.102. The molecule has 0 saturated carbocycles. The van der Waals surface area contributed by atoms with Crippen LogP contribution in [0.25, 0.3) is 10.9 Å². The maximum atomic E-state index is 13.3. The molecule has 1 atom stereocenters. The number of nitrogens with zero attached hydrogens (tertiary/aromatic N) is 2. The van der Waals surface area contributed by atoms with E-state index in [9.17, 15) is 14.0 Å². The maximum absolute atomic E-state index is 13.3. The number of ketones is 1. The molecule has 0 aliphatic rings. The summed E-state index contributed by atoms with van der Waals surface area (Å²) in [5.74, 6) is -0.557. The number of aromatic nitrogens is 2. The molecule has 3 aromatic rings. The lowest BCUT2D eigenvalue weighted by Crippen LogP contribution is -2.26. The fraction of sp³-hybridized carbons (Fsp3) is 0.250. The molecule has 6 heteroatoms. The summed E-state index contributed by atoms with van der Waals surface area (Å²) < 4.78 is 15.0. The van der Waals surface area contributed by atoms with Gasteiger partial charge in [-0.2, -0.15) is 0 Å². The Morgan fingerprint density at radius 3 is 2.73 bits per heavy atom. The molecule has 0 radical (unpaired) electrons. The molecular weight excluding hydrogens is 351 g/mol. The van der Waals surface area contributed by atoms with E-state index in [1.54, 1.807) is 22.8 Å². The van der Waals surface area contributed by atoms with E-state index in [4.69, 9.17) is 0 Å². The smallest absolute Gasteiger partial charge is 0.262 e. The van der Waals surface area contributed by atoms with Gasteiger partial charge in [0.2, 0.25) is 0 Å². The van der Waals surface area contributed by atoms with Crippen molar-refractivity contribution < 1.29 is 9.18 Å². The molecule has 0 aliphatic heterocycles. The average Bonchev–Trinajstić information content (AvgIpc) is 2.65. The van der Waals surface area contributed by atoms with Crippen molar-refractivity contribution in [2.45, 2.75) is 31.5 Å². The van der Waals surface area contributed by atoms with Gasteiger partial charge in [-0.05, 0) is 37.6 Å². The van der Waals surface area contributed by atoms with Gasteiger partial charge >= 0.3 is 0 Å². The van der Waals surface area contributed by atoms with E-state index >= 15 is 0 Å². The van der Waals surface area contributed by atoms with Crippen molar-refractivity contribution in [1.29, 1.82) is 0 Å². The van der Waals surface area contributed by atoms with Crippen LogP contribution in [0.15, 0.2) is 58.5 Å². The zero-order chi connectivity index (χ0) is 18.7. The summed E-state index contributed by atoms with van der Waals surface area (Å²) in [4.78, 5) is 29.8. The number of halogens is 1. The molecule has 1 aromatic heterocycles. The molecule has 26 heavy (non-hydrogen) atoms. The minimum Gasteiger partial charge on any atom is -0.293 e. The van der Waals surface area contributed by atoms with Crippen LogP contribution in [-0.2, 0) is 0 Å². The van der Waals surface area contributed by atoms with Crippen molar-refractivity contribution in [2.75, 3.05) is 5.75 Å². The number of carbonyl (C=O) groups is 1. The highest BCUT2D eigenvalue weighted by molar-refractivity contribution is 7.99. The monoisotopic (exact) mass is 370 g/mol. The fourth-order valence-electron chi connectivity index (χ4n) is 2.67. The summed E-state index contributed by atoms with van der Waals surface area (Å²) in [6.45, 7) is 3.95. The van der Waals surface area contributed by atoms with E-state index in [2.05, 4.69) is 4.98 Å². The van der Waals surface area contributed by atoms with Crippen LogP contribution in [-0.4, -0.2) is 21.1 Å². The number of benzene rings is 2. The quantitative estimate of drug-likeness (QED) is 0.365. The second kappa shape index (κ2) is 7.83. The molecular formula is C20H19FN2O2S. The summed E-state index contributed by atoms with van der Waals surface area (Å²) in [7, 11) is 0. The molecule has 1 heterocycles. The maximum Gasteiger partial charge on any atom is 0.262 e. The van der Waals surface area contributed by atoms with Crippen LogP contribution in [0.2, 0.25) is 0 Å². The average molecular weight is 370 g/mol. The summed E-state index contributed by atoms with van der Waals surface area (Å²) in [5.41, 5.74) is 0.819. The molecule has 0 fully saturated rings. The molecule has 2 aromatic carbocycles. The Morgan fingerprint density at radius 2 is 2.00 bits per heavy atom. The number of rotatable bonds is 6. The minimum atomic E-state index is -0.443. The van der Waals surface area contributed by atoms with Crippen molar-refractivity contribution in [3.63, 3.8) is 0 Å². The Morgan fingerprint density at radius 1 is 1.23 bits per heavy atom. The van der Waals surface area contributed by atoms with Crippen molar-refractivity contribution in [2.24, 2.45) is 0 Å². The summed E-state index contributed by atoms with van der Waals surface area (Å²) in [5, 5.41) is 1.07. The molecule has 134 valence electrons. The van der Waals surface area contributed by atoms with Crippen LogP contribution in [0.3, 0.4) is 0 Å². The van der Waals surface area contributed by atoms with Gasteiger partial charge in [-0.3, -0.25) is 14.2 Å². The zero-order valence-electron chi connectivity index (χ0n) is 14.6. The number of Topliss-reactive ketones (excluding diaryl/α,β-unsaturated/α-hetero) is 1. The third-order valence-electron chi connectivity index (χ3n) is 4.29. The number of fused-ring (bicyclic) bond motifs is 1. The van der Waals surface area contributed by atoms with E-state index in [-0.39, 0.29) is 23.1 Å². The van der Waals surface area contributed by atoms with Crippen molar-refractivity contribution in [3.8, 4) is 0 Å². The SMILES string of the molecule is CC[C@@H](C)n1c(SCC(=O)c2cccc(F)c2)nc2ccccc2c1=O. The van der Waals surface area contributed by atoms with Gasteiger partial charge in [0.15, 0.2) is 10.9 Å². The molecule has 0 bridgehead atoms. The second-order valence-electron chi connectivity index (χ2n) is 6.07. The summed E-state index contributed by atoms with van der Waals surface area (Å²) >= 11 is 1.21. The van der Waals surface area contributed by atoms with Gasteiger partial charge in [0.05, 0.1) is 16.7 Å². The van der Waals surface area contributed by atoms with Gasteiger partial charge in [0.25, 0.3) is 5.56 Å². The number of para-hydroxylation sites is 1. The molecule has 3 rings (SSSR count). The largest absolute Gasteiger partial charge is 0.293 e. The Labute approximate surface area is 155 Å². The van der Waals surface area contributed by atoms with E-state index in [1.807, 2.05) is 26.0 Å². The Balaban J connectivity index is 1.96. The lowest BCUT2D eigenvalue weighted by Gasteiger charge is -2.18. The Hall–Kier alpha value is -2.47. The van der Waals surface area contributed by atoms with E-state index in [1.165, 1.54) is 30.0 Å². The van der Waals surface area contributed by atoms with Crippen LogP contribution in [0, 0.1) is 5.82 Å². The normalized spacial score (nSPS) is 12.3. The third kappa shape index (κ3) is 3.70. The highest BCUT2D eigenvalue weighted by Gasteiger charge is 2.17. The van der Waals surface area contributed by atoms with Crippen molar-refractivity contribution in [3.05, 3.63) is 70.3 Å². The first-order valence-electron chi connectivity index (χ1n) is 8.44. The number of hydrogen-bond donors (Lipinski definition) is 0. The highest BCUT2D eigenvalue weighted by atomic mass is 32.2. The first-order valence-corrected chi connectivity index (χ1v) is 9.42. The third-order valence-corrected chi connectivity index (χ3v) is 5.24. The summed E-state index contributed by atoms with van der Waals surface area (Å²) in [6, 6.07) is 12.8. The van der Waals surface area contributed by atoms with Gasteiger partial charge in [0.1, 0.15) is 5.82 Å². The zero-order valence-corrected chi connectivity index (χ0v) is 15.4. The standard InChI is InChI=1S/C20H19FN2O2S/c1-3-13(2)23-19(25)16-9-4-5-10-17(16)22-20(23)26-12-18(24)14-7-6-8-15(21)11-14/h4-11,13H,3,12H2,1-2H3/t13-/m1/s1. The predicted molar refractivity (Wildman–Crippen MR) is 102 cm³/mol. The van der Waals surface area contributed by atoms with Crippen LogP contribution in [0.1, 0.15) is 36.7 Å². The first kappa shape index (κ1) is 18.3. The molecule has 0 unspecified atom stereocenters. The lowest BCUT2D eigenvalue weighted by atomic mass is 10.1. The first-order chi connectivity index (χ1) is 12.5. The molecule has 0 N–H and O–H groups in total. The molecule has 0 saturated heterocycles. The van der Waals surface area contributed by atoms with E-state index < -0.39 is 5.82 Å². The highest BCUT2D eigenvalue weighted by Crippen LogP contribution is 2.23. The molecule has 0 amide bonds. The topological polar surface area (TPSA) is 52.0 Å². The van der Waals surface area contributed by atoms with Crippen LogP contribution >= 0.6 is 11.8 Å². The van der Waals surface area contributed by atoms with Crippen LogP contribution in [0.5, 0.6) is 0 Å². The van der Waals surface area contributed by atoms with Crippen LogP contribution in [0.4, 0.5) is 4.39 Å². The minimum absolute atomic E-state index is 0.0358. The van der Waals surface area contributed by atoms with E-state index in [0.717, 1.165) is 6.42 Å². The van der Waals surface area contributed by atoms with Crippen molar-refractivity contribution >= 4 is 28.4 Å². The predicted octanol–water partition coefficient (Wildman–Crippen LogP) is 4.48. The van der Waals surface area contributed by atoms with Gasteiger partial charge in [-0.25, -0.2) is 9.37 Å². The molecule has 0 aliphatic carbocycles. The fourth-order valence-corrected chi connectivity index (χ4v) is 3.67. The van der Waals surface area contributed by atoms with Crippen LogP contribution < -0.4 is 5.56 Å². The number of hydrogen-bond acceptors (Lipinski definition) is 4. The van der Waals surface area contributed by atoms with Gasteiger partial charge < -0.3 is 0 Å². The van der Waals surface area contributed by atoms with Gasteiger partial charge in [-0.1, -0.05) is 43.0 Å². The molecule has 4 nitrogen and oxygen atoms in total. The van der Waals surface area contributed by atoms with Crippen molar-refractivity contribution in [1.82, 2.24) is 9.55 Å². The second-order valence-corrected chi connectivity index (χ2v) is 7.01.